The van der Waals surface area contributed by atoms with Crippen molar-refractivity contribution < 1.29 is 9.72 Å². The quantitative estimate of drug-likeness (QED) is 0.628. The lowest BCUT2D eigenvalue weighted by Crippen LogP contribution is -2.12. The van der Waals surface area contributed by atoms with Gasteiger partial charge in [-0.2, -0.15) is 0 Å². The van der Waals surface area contributed by atoms with Gasteiger partial charge in [0.15, 0.2) is 0 Å². The zero-order chi connectivity index (χ0) is 14.5. The molecule has 0 aliphatic carbocycles. The number of carbonyl (C=O) groups excluding carboxylic acids is 1. The molecule has 6 nitrogen and oxygen atoms in total. The fraction of sp³-hybridized carbons (Fsp3) is 0.154. The summed E-state index contributed by atoms with van der Waals surface area (Å²) in [5.41, 5.74) is 6.74. The summed E-state index contributed by atoms with van der Waals surface area (Å²) in [4.78, 5) is 22.1. The number of nitrogens with two attached hydrogens (primary N) is 1. The van der Waals surface area contributed by atoms with Crippen molar-refractivity contribution in [2.24, 2.45) is 5.73 Å². The van der Waals surface area contributed by atoms with E-state index >= 15 is 0 Å². The van der Waals surface area contributed by atoms with Gasteiger partial charge in [-0.05, 0) is 11.6 Å². The molecule has 3 N–H and O–H groups in total. The molecular weight excluding hydrogens is 278 g/mol. The first-order valence-corrected chi connectivity index (χ1v) is 6.75. The topological polar surface area (TPSA) is 98.3 Å². The summed E-state index contributed by atoms with van der Waals surface area (Å²) >= 11 is 1.47. The lowest BCUT2D eigenvalue weighted by atomic mass is 10.2. The van der Waals surface area contributed by atoms with Crippen LogP contribution >= 0.6 is 11.3 Å². The van der Waals surface area contributed by atoms with Crippen LogP contribution in [0.15, 0.2) is 35.7 Å². The minimum absolute atomic E-state index is 0.0816. The third kappa shape index (κ3) is 3.62. The van der Waals surface area contributed by atoms with Gasteiger partial charge in [0.1, 0.15) is 0 Å². The van der Waals surface area contributed by atoms with E-state index in [2.05, 4.69) is 5.32 Å². The molecule has 2 rings (SSSR count). The summed E-state index contributed by atoms with van der Waals surface area (Å²) in [7, 11) is 0. The van der Waals surface area contributed by atoms with Crippen molar-refractivity contribution in [3.05, 3.63) is 61.8 Å². The Kier molecular flexibility index (Phi) is 4.44. The lowest BCUT2D eigenvalue weighted by molar-refractivity contribution is -0.384. The maximum absolute atomic E-state index is 10.9. The molecule has 0 aliphatic rings. The standard InChI is InChI=1S/C13H13N3O3S/c14-13(17)10-5-12(20-8-10)7-15-6-9-1-3-11(4-2-9)16(18)19/h1-5,8,15H,6-7H2,(H2,14,17). The fourth-order valence-electron chi connectivity index (χ4n) is 1.67. The van der Waals surface area contributed by atoms with Crippen LogP contribution in [0.25, 0.3) is 0 Å². The fourth-order valence-corrected chi connectivity index (χ4v) is 2.51. The normalized spacial score (nSPS) is 10.4. The summed E-state index contributed by atoms with van der Waals surface area (Å²) in [6.45, 7) is 1.22. The van der Waals surface area contributed by atoms with Gasteiger partial charge in [0, 0.05) is 35.5 Å². The van der Waals surface area contributed by atoms with E-state index in [0.29, 0.717) is 18.7 Å². The Hall–Kier alpha value is -2.25. The minimum atomic E-state index is -0.428. The zero-order valence-corrected chi connectivity index (χ0v) is 11.4. The van der Waals surface area contributed by atoms with Crippen LogP contribution in [0.2, 0.25) is 0 Å². The number of amides is 1. The van der Waals surface area contributed by atoms with Gasteiger partial charge in [-0.15, -0.1) is 11.3 Å². The minimum Gasteiger partial charge on any atom is -0.366 e. The van der Waals surface area contributed by atoms with Crippen molar-refractivity contribution in [2.45, 2.75) is 13.1 Å². The number of thiophene rings is 1. The molecule has 1 aromatic carbocycles. The second-order valence-corrected chi connectivity index (χ2v) is 5.19. The third-order valence-corrected chi connectivity index (χ3v) is 3.65. The van der Waals surface area contributed by atoms with Crippen LogP contribution in [-0.4, -0.2) is 10.8 Å². The maximum Gasteiger partial charge on any atom is 0.269 e. The number of nitro benzene ring substituents is 1. The van der Waals surface area contributed by atoms with Crippen molar-refractivity contribution in [3.8, 4) is 0 Å². The maximum atomic E-state index is 10.9. The highest BCUT2D eigenvalue weighted by Gasteiger charge is 2.05. The summed E-state index contributed by atoms with van der Waals surface area (Å²) in [6, 6.07) is 8.15. The SMILES string of the molecule is NC(=O)c1csc(CNCc2ccc([N+](=O)[O-])cc2)c1. The molecule has 0 radical (unpaired) electrons. The summed E-state index contributed by atoms with van der Waals surface area (Å²) < 4.78 is 0. The number of hydrogen-bond acceptors (Lipinski definition) is 5. The van der Waals surface area contributed by atoms with Crippen LogP contribution in [0.3, 0.4) is 0 Å². The van der Waals surface area contributed by atoms with Crippen molar-refractivity contribution in [2.75, 3.05) is 0 Å². The Labute approximate surface area is 119 Å². The monoisotopic (exact) mass is 291 g/mol. The molecule has 0 atom stereocenters. The van der Waals surface area contributed by atoms with E-state index in [1.54, 1.807) is 23.6 Å². The number of nitrogens with one attached hydrogen (secondary N) is 1. The van der Waals surface area contributed by atoms with Gasteiger partial charge in [-0.25, -0.2) is 0 Å². The average molecular weight is 291 g/mol. The van der Waals surface area contributed by atoms with Crippen LogP contribution < -0.4 is 11.1 Å². The molecule has 0 spiro atoms. The number of nitro groups is 1. The van der Waals surface area contributed by atoms with Crippen LogP contribution in [0.5, 0.6) is 0 Å². The van der Waals surface area contributed by atoms with E-state index in [-0.39, 0.29) is 5.69 Å². The molecule has 7 heteroatoms. The van der Waals surface area contributed by atoms with Gasteiger partial charge >= 0.3 is 0 Å². The summed E-state index contributed by atoms with van der Waals surface area (Å²) in [5, 5.41) is 15.5. The molecule has 0 aliphatic heterocycles. The van der Waals surface area contributed by atoms with E-state index in [1.807, 2.05) is 0 Å². The first-order chi connectivity index (χ1) is 9.56. The summed E-state index contributed by atoms with van der Waals surface area (Å²) in [6.07, 6.45) is 0. The van der Waals surface area contributed by atoms with Gasteiger partial charge in [0.25, 0.3) is 5.69 Å². The molecule has 1 heterocycles. The number of hydrogen-bond donors (Lipinski definition) is 2. The smallest absolute Gasteiger partial charge is 0.269 e. The molecule has 2 aromatic rings. The van der Waals surface area contributed by atoms with E-state index in [4.69, 9.17) is 5.73 Å². The highest BCUT2D eigenvalue weighted by Crippen LogP contribution is 2.15. The Morgan fingerprint density at radius 1 is 1.30 bits per heavy atom. The number of nitrogens with zero attached hydrogens (tertiary/aromatic N) is 1. The van der Waals surface area contributed by atoms with Crippen molar-refractivity contribution in [3.63, 3.8) is 0 Å². The second kappa shape index (κ2) is 6.27. The van der Waals surface area contributed by atoms with Crippen molar-refractivity contribution in [1.82, 2.24) is 5.32 Å². The van der Waals surface area contributed by atoms with Crippen molar-refractivity contribution in [1.29, 1.82) is 0 Å². The largest absolute Gasteiger partial charge is 0.366 e. The first kappa shape index (κ1) is 14.2. The first-order valence-electron chi connectivity index (χ1n) is 5.87. The molecule has 0 bridgehead atoms. The van der Waals surface area contributed by atoms with Gasteiger partial charge < -0.3 is 11.1 Å². The molecule has 20 heavy (non-hydrogen) atoms. The number of carbonyl (C=O) groups is 1. The van der Waals surface area contributed by atoms with Gasteiger partial charge in [0.05, 0.1) is 10.5 Å². The zero-order valence-electron chi connectivity index (χ0n) is 10.5. The molecule has 0 unspecified atom stereocenters. The Morgan fingerprint density at radius 3 is 2.55 bits per heavy atom. The van der Waals surface area contributed by atoms with Gasteiger partial charge in [-0.3, -0.25) is 14.9 Å². The van der Waals surface area contributed by atoms with Gasteiger partial charge in [0.2, 0.25) is 5.91 Å². The Morgan fingerprint density at radius 2 is 2.00 bits per heavy atom. The van der Waals surface area contributed by atoms with Crippen molar-refractivity contribution >= 4 is 22.9 Å². The van der Waals surface area contributed by atoms with Gasteiger partial charge in [-0.1, -0.05) is 12.1 Å². The van der Waals surface area contributed by atoms with Crippen LogP contribution in [-0.2, 0) is 13.1 Å². The Bertz CT molecular complexity index is 622. The van der Waals surface area contributed by atoms with E-state index in [1.165, 1.54) is 23.5 Å². The van der Waals surface area contributed by atoms with E-state index in [9.17, 15) is 14.9 Å². The van der Waals surface area contributed by atoms with E-state index < -0.39 is 10.8 Å². The molecule has 0 saturated heterocycles. The molecule has 1 aromatic heterocycles. The van der Waals surface area contributed by atoms with Crippen LogP contribution in [0.1, 0.15) is 20.8 Å². The van der Waals surface area contributed by atoms with Crippen LogP contribution in [0, 0.1) is 10.1 Å². The molecule has 0 saturated carbocycles. The lowest BCUT2D eigenvalue weighted by Gasteiger charge is -2.03. The average Bonchev–Trinajstić information content (AvgIpc) is 2.88. The number of non-ortho nitro benzene ring substituents is 1. The third-order valence-electron chi connectivity index (χ3n) is 2.71. The molecular formula is C13H13N3O3S. The predicted molar refractivity (Wildman–Crippen MR) is 76.5 cm³/mol. The molecule has 104 valence electrons. The number of benzene rings is 1. The molecule has 0 fully saturated rings. The van der Waals surface area contributed by atoms with E-state index in [0.717, 1.165) is 10.4 Å². The highest BCUT2D eigenvalue weighted by atomic mass is 32.1. The Balaban J connectivity index is 1.85. The molecule has 1 amide bonds. The number of primary amides is 1. The summed E-state index contributed by atoms with van der Waals surface area (Å²) in [5.74, 6) is -0.428. The number of rotatable bonds is 6. The van der Waals surface area contributed by atoms with Crippen LogP contribution in [0.4, 0.5) is 5.69 Å². The highest BCUT2D eigenvalue weighted by molar-refractivity contribution is 7.10. The predicted octanol–water partition coefficient (Wildman–Crippen LogP) is 2.04. The second-order valence-electron chi connectivity index (χ2n) is 4.19.